The van der Waals surface area contributed by atoms with E-state index in [-0.39, 0.29) is 11.3 Å². The summed E-state index contributed by atoms with van der Waals surface area (Å²) in [5.74, 6) is 1.39. The summed E-state index contributed by atoms with van der Waals surface area (Å²) in [6.45, 7) is 11.2. The van der Waals surface area contributed by atoms with Crippen LogP contribution in [-0.4, -0.2) is 31.6 Å². The minimum absolute atomic E-state index is 0.0417. The molecule has 0 aromatic heterocycles. The average Bonchev–Trinajstić information content (AvgIpc) is 2.55. The van der Waals surface area contributed by atoms with Crippen molar-refractivity contribution in [3.8, 4) is 5.75 Å². The second kappa shape index (κ2) is 8.52. The van der Waals surface area contributed by atoms with Gasteiger partial charge in [-0.2, -0.15) is 0 Å². The van der Waals surface area contributed by atoms with Gasteiger partial charge in [0.25, 0.3) is 5.91 Å². The smallest absolute Gasteiger partial charge is 0.260 e. The van der Waals surface area contributed by atoms with Gasteiger partial charge in [0.15, 0.2) is 6.10 Å². The maximum absolute atomic E-state index is 12.2. The van der Waals surface area contributed by atoms with Crippen LogP contribution in [0, 0.1) is 5.92 Å². The Morgan fingerprint density at radius 2 is 2.21 bits per heavy atom. The molecule has 1 heterocycles. The molecule has 1 saturated heterocycles. The first-order valence-electron chi connectivity index (χ1n) is 9.12. The molecule has 134 valence electrons. The summed E-state index contributed by atoms with van der Waals surface area (Å²) < 4.78 is 5.83. The first kappa shape index (κ1) is 18.8. The number of carbonyl (C=O) groups is 1. The first-order valence-corrected chi connectivity index (χ1v) is 9.12. The lowest BCUT2D eigenvalue weighted by Gasteiger charge is -2.23. The zero-order chi connectivity index (χ0) is 17.6. The van der Waals surface area contributed by atoms with E-state index in [1.165, 1.54) is 18.4 Å². The van der Waals surface area contributed by atoms with Crippen molar-refractivity contribution in [2.75, 3.05) is 19.6 Å². The van der Waals surface area contributed by atoms with Gasteiger partial charge in [-0.3, -0.25) is 4.79 Å². The topological polar surface area (TPSA) is 50.4 Å². The van der Waals surface area contributed by atoms with Crippen LogP contribution in [0.3, 0.4) is 0 Å². The number of hydrogen-bond acceptors (Lipinski definition) is 3. The quantitative estimate of drug-likeness (QED) is 0.841. The fourth-order valence-corrected chi connectivity index (χ4v) is 3.01. The molecule has 2 unspecified atom stereocenters. The van der Waals surface area contributed by atoms with Gasteiger partial charge in [0.1, 0.15) is 5.75 Å². The third-order valence-corrected chi connectivity index (χ3v) is 4.63. The van der Waals surface area contributed by atoms with Gasteiger partial charge in [-0.05, 0) is 68.3 Å². The lowest BCUT2D eigenvalue weighted by Crippen LogP contribution is -2.38. The normalized spacial score (nSPS) is 19.6. The highest BCUT2D eigenvalue weighted by molar-refractivity contribution is 5.80. The van der Waals surface area contributed by atoms with Gasteiger partial charge in [-0.1, -0.05) is 32.9 Å². The standard InChI is InChI=1S/C20H32N2O2/c1-15(19(23)22-12-10-16-7-6-11-21-14-16)24-18-9-5-8-17(13-18)20(2,3)4/h5,8-9,13,15-16,21H,6-7,10-12,14H2,1-4H3,(H,22,23). The van der Waals surface area contributed by atoms with Crippen molar-refractivity contribution in [2.24, 2.45) is 5.92 Å². The van der Waals surface area contributed by atoms with Crippen molar-refractivity contribution < 1.29 is 9.53 Å². The molecule has 2 rings (SSSR count). The molecule has 0 bridgehead atoms. The molecule has 1 aliphatic rings. The van der Waals surface area contributed by atoms with Crippen molar-refractivity contribution in [1.82, 2.24) is 10.6 Å². The zero-order valence-corrected chi connectivity index (χ0v) is 15.5. The van der Waals surface area contributed by atoms with Crippen molar-refractivity contribution in [3.05, 3.63) is 29.8 Å². The lowest BCUT2D eigenvalue weighted by molar-refractivity contribution is -0.127. The highest BCUT2D eigenvalue weighted by Gasteiger charge is 2.18. The number of ether oxygens (including phenoxy) is 1. The van der Waals surface area contributed by atoms with Gasteiger partial charge in [0, 0.05) is 6.54 Å². The first-order chi connectivity index (χ1) is 11.4. The maximum atomic E-state index is 12.2. The third kappa shape index (κ3) is 5.82. The molecule has 2 N–H and O–H groups in total. The summed E-state index contributed by atoms with van der Waals surface area (Å²) in [7, 11) is 0. The van der Waals surface area contributed by atoms with Crippen LogP contribution in [0.25, 0.3) is 0 Å². The summed E-state index contributed by atoms with van der Waals surface area (Å²) in [6, 6.07) is 8.01. The molecule has 1 aliphatic heterocycles. The van der Waals surface area contributed by atoms with Gasteiger partial charge in [-0.25, -0.2) is 0 Å². The molecule has 0 radical (unpaired) electrons. The van der Waals surface area contributed by atoms with E-state index in [9.17, 15) is 4.79 Å². The van der Waals surface area contributed by atoms with Gasteiger partial charge < -0.3 is 15.4 Å². The van der Waals surface area contributed by atoms with E-state index in [0.717, 1.165) is 31.8 Å². The Morgan fingerprint density at radius 3 is 2.88 bits per heavy atom. The summed E-state index contributed by atoms with van der Waals surface area (Å²) >= 11 is 0. The van der Waals surface area contributed by atoms with Crippen molar-refractivity contribution in [2.45, 2.75) is 58.5 Å². The van der Waals surface area contributed by atoms with E-state index >= 15 is 0 Å². The number of rotatable bonds is 6. The lowest BCUT2D eigenvalue weighted by atomic mass is 9.87. The Morgan fingerprint density at radius 1 is 1.42 bits per heavy atom. The monoisotopic (exact) mass is 332 g/mol. The van der Waals surface area contributed by atoms with Gasteiger partial charge in [0.05, 0.1) is 0 Å². The Kier molecular flexibility index (Phi) is 6.67. The van der Waals surface area contributed by atoms with Crippen molar-refractivity contribution >= 4 is 5.91 Å². The van der Waals surface area contributed by atoms with Gasteiger partial charge in [0.2, 0.25) is 0 Å². The molecule has 1 aromatic rings. The largest absolute Gasteiger partial charge is 0.481 e. The molecule has 1 fully saturated rings. The van der Waals surface area contributed by atoms with Gasteiger partial charge in [-0.15, -0.1) is 0 Å². The highest BCUT2D eigenvalue weighted by atomic mass is 16.5. The molecular weight excluding hydrogens is 300 g/mol. The van der Waals surface area contributed by atoms with Crippen LogP contribution in [0.4, 0.5) is 0 Å². The zero-order valence-electron chi connectivity index (χ0n) is 15.5. The fourth-order valence-electron chi connectivity index (χ4n) is 3.01. The van der Waals surface area contributed by atoms with Crippen LogP contribution in [0.15, 0.2) is 24.3 Å². The van der Waals surface area contributed by atoms with Crippen LogP contribution < -0.4 is 15.4 Å². The maximum Gasteiger partial charge on any atom is 0.260 e. The third-order valence-electron chi connectivity index (χ3n) is 4.63. The van der Waals surface area contributed by atoms with Gasteiger partial charge >= 0.3 is 0 Å². The number of carbonyl (C=O) groups excluding carboxylic acids is 1. The second-order valence-corrected chi connectivity index (χ2v) is 7.83. The summed E-state index contributed by atoms with van der Waals surface area (Å²) in [5.41, 5.74) is 1.27. The number of hydrogen-bond donors (Lipinski definition) is 2. The number of benzene rings is 1. The van der Waals surface area contributed by atoms with E-state index in [1.54, 1.807) is 6.92 Å². The second-order valence-electron chi connectivity index (χ2n) is 7.83. The predicted octanol–water partition coefficient (Wildman–Crippen LogP) is 3.26. The SMILES string of the molecule is CC(Oc1cccc(C(C)(C)C)c1)C(=O)NCCC1CCCNC1. The Balaban J connectivity index is 1.78. The van der Waals surface area contributed by atoms with Crippen LogP contribution in [0.5, 0.6) is 5.75 Å². The van der Waals surface area contributed by atoms with Crippen LogP contribution in [-0.2, 0) is 10.2 Å². The number of nitrogens with one attached hydrogen (secondary N) is 2. The molecule has 0 spiro atoms. The molecule has 0 saturated carbocycles. The van der Waals surface area contributed by atoms with Crippen molar-refractivity contribution in [3.63, 3.8) is 0 Å². The average molecular weight is 332 g/mol. The van der Waals surface area contributed by atoms with E-state index in [1.807, 2.05) is 18.2 Å². The van der Waals surface area contributed by atoms with Crippen molar-refractivity contribution in [1.29, 1.82) is 0 Å². The Labute approximate surface area is 146 Å². The molecule has 2 atom stereocenters. The molecule has 0 aliphatic carbocycles. The van der Waals surface area contributed by atoms with E-state index in [2.05, 4.69) is 37.5 Å². The molecule has 4 nitrogen and oxygen atoms in total. The fraction of sp³-hybridized carbons (Fsp3) is 0.650. The van der Waals surface area contributed by atoms with E-state index in [0.29, 0.717) is 5.92 Å². The summed E-state index contributed by atoms with van der Waals surface area (Å²) in [4.78, 5) is 12.2. The van der Waals surface area contributed by atoms with E-state index < -0.39 is 6.10 Å². The minimum atomic E-state index is -0.482. The Hall–Kier alpha value is -1.55. The summed E-state index contributed by atoms with van der Waals surface area (Å²) in [6.07, 6.45) is 3.05. The van der Waals surface area contributed by atoms with Crippen LogP contribution >= 0.6 is 0 Å². The molecular formula is C20H32N2O2. The number of piperidine rings is 1. The highest BCUT2D eigenvalue weighted by Crippen LogP contribution is 2.26. The predicted molar refractivity (Wildman–Crippen MR) is 98.5 cm³/mol. The molecule has 24 heavy (non-hydrogen) atoms. The molecule has 4 heteroatoms. The van der Waals surface area contributed by atoms with Crippen LogP contribution in [0.1, 0.15) is 52.5 Å². The van der Waals surface area contributed by atoms with E-state index in [4.69, 9.17) is 4.74 Å². The molecule has 1 amide bonds. The Bertz CT molecular complexity index is 531. The van der Waals surface area contributed by atoms with Crippen LogP contribution in [0.2, 0.25) is 0 Å². The summed E-state index contributed by atoms with van der Waals surface area (Å²) in [5, 5.41) is 6.41. The minimum Gasteiger partial charge on any atom is -0.481 e. The number of amides is 1. The molecule has 1 aromatic carbocycles.